The summed E-state index contributed by atoms with van der Waals surface area (Å²) in [5.74, 6) is 0. The largest absolute Gasteiger partial charge is 0.367 e. The third-order valence-electron chi connectivity index (χ3n) is 3.23. The van der Waals surface area contributed by atoms with E-state index in [1.807, 2.05) is 24.8 Å². The average molecular weight is 316 g/mol. The van der Waals surface area contributed by atoms with Gasteiger partial charge in [0.15, 0.2) is 0 Å². The van der Waals surface area contributed by atoms with Crippen LogP contribution >= 0.6 is 23.2 Å². The molecule has 0 saturated carbocycles. The van der Waals surface area contributed by atoms with Gasteiger partial charge in [0, 0.05) is 37.2 Å². The fourth-order valence-corrected chi connectivity index (χ4v) is 2.62. The zero-order chi connectivity index (χ0) is 14.7. The minimum absolute atomic E-state index is 0.00292. The number of anilines is 1. The molecular weight excluding hydrogens is 297 g/mol. The van der Waals surface area contributed by atoms with E-state index in [0.29, 0.717) is 23.1 Å². The molecule has 110 valence electrons. The summed E-state index contributed by atoms with van der Waals surface area (Å²) in [4.78, 5) is 15.9. The van der Waals surface area contributed by atoms with Crippen LogP contribution in [0.25, 0.3) is 0 Å². The van der Waals surface area contributed by atoms with Gasteiger partial charge in [0.1, 0.15) is 0 Å². The number of amides is 2. The van der Waals surface area contributed by atoms with Gasteiger partial charge in [-0.3, -0.25) is 0 Å². The van der Waals surface area contributed by atoms with E-state index in [1.54, 1.807) is 12.1 Å². The second kappa shape index (κ2) is 6.55. The molecular formula is C14H19Cl2N3O. The maximum atomic E-state index is 11.9. The van der Waals surface area contributed by atoms with E-state index < -0.39 is 0 Å². The number of piperazine rings is 1. The van der Waals surface area contributed by atoms with Crippen LogP contribution in [0.3, 0.4) is 0 Å². The van der Waals surface area contributed by atoms with Gasteiger partial charge in [-0.15, -0.1) is 0 Å². The molecule has 2 amide bonds. The highest BCUT2D eigenvalue weighted by atomic mass is 35.5. The summed E-state index contributed by atoms with van der Waals surface area (Å²) < 4.78 is 0. The van der Waals surface area contributed by atoms with E-state index in [2.05, 4.69) is 10.2 Å². The van der Waals surface area contributed by atoms with Gasteiger partial charge in [-0.2, -0.15) is 0 Å². The van der Waals surface area contributed by atoms with Crippen molar-refractivity contribution in [1.82, 2.24) is 10.2 Å². The van der Waals surface area contributed by atoms with E-state index in [-0.39, 0.29) is 12.1 Å². The maximum Gasteiger partial charge on any atom is 0.317 e. The number of halogens is 2. The highest BCUT2D eigenvalue weighted by Gasteiger charge is 2.22. The molecule has 2 rings (SSSR count). The lowest BCUT2D eigenvalue weighted by atomic mass is 10.2. The molecule has 1 fully saturated rings. The summed E-state index contributed by atoms with van der Waals surface area (Å²) in [7, 11) is 0. The van der Waals surface area contributed by atoms with Crippen LogP contribution in [0, 0.1) is 0 Å². The number of carbonyl (C=O) groups excluding carboxylic acids is 1. The second-order valence-corrected chi connectivity index (χ2v) is 6.02. The Hall–Kier alpha value is -1.13. The first-order chi connectivity index (χ1) is 9.47. The molecule has 0 spiro atoms. The van der Waals surface area contributed by atoms with Crippen molar-refractivity contribution in [1.29, 1.82) is 0 Å². The van der Waals surface area contributed by atoms with E-state index in [0.717, 1.165) is 18.8 Å². The number of hydrogen-bond acceptors (Lipinski definition) is 2. The van der Waals surface area contributed by atoms with Crippen molar-refractivity contribution >= 4 is 34.9 Å². The van der Waals surface area contributed by atoms with Crippen LogP contribution in [-0.4, -0.2) is 43.2 Å². The van der Waals surface area contributed by atoms with Gasteiger partial charge in [0.25, 0.3) is 0 Å². The standard InChI is InChI=1S/C14H19Cl2N3O/c1-10(2)17-14(20)19-7-5-18(6-8-19)13-9-11(15)3-4-12(13)16/h3-4,9-10H,5-8H2,1-2H3,(H,17,20). The van der Waals surface area contributed by atoms with Gasteiger partial charge >= 0.3 is 6.03 Å². The lowest BCUT2D eigenvalue weighted by Gasteiger charge is -2.36. The van der Waals surface area contributed by atoms with E-state index in [4.69, 9.17) is 23.2 Å². The third kappa shape index (κ3) is 3.70. The summed E-state index contributed by atoms with van der Waals surface area (Å²) in [5, 5.41) is 4.27. The molecule has 0 aromatic heterocycles. The van der Waals surface area contributed by atoms with Gasteiger partial charge in [-0.05, 0) is 32.0 Å². The summed E-state index contributed by atoms with van der Waals surface area (Å²) in [6.07, 6.45) is 0. The van der Waals surface area contributed by atoms with Gasteiger partial charge in [-0.25, -0.2) is 4.79 Å². The number of benzene rings is 1. The molecule has 1 aliphatic rings. The number of nitrogens with zero attached hydrogens (tertiary/aromatic N) is 2. The Bertz CT molecular complexity index is 485. The Labute approximate surface area is 129 Å². The second-order valence-electron chi connectivity index (χ2n) is 5.17. The lowest BCUT2D eigenvalue weighted by Crippen LogP contribution is -2.53. The molecule has 1 aliphatic heterocycles. The highest BCUT2D eigenvalue weighted by Crippen LogP contribution is 2.29. The van der Waals surface area contributed by atoms with Crippen LogP contribution in [0.2, 0.25) is 10.0 Å². The minimum Gasteiger partial charge on any atom is -0.367 e. The van der Waals surface area contributed by atoms with Crippen molar-refractivity contribution < 1.29 is 4.79 Å². The molecule has 0 radical (unpaired) electrons. The summed E-state index contributed by atoms with van der Waals surface area (Å²) in [6.45, 7) is 6.79. The Kier molecular flexibility index (Phi) is 5.00. The van der Waals surface area contributed by atoms with Crippen molar-refractivity contribution in [2.24, 2.45) is 0 Å². The SMILES string of the molecule is CC(C)NC(=O)N1CCN(c2cc(Cl)ccc2Cl)CC1. The fourth-order valence-electron chi connectivity index (χ4n) is 2.22. The Morgan fingerprint density at radius 1 is 1.20 bits per heavy atom. The minimum atomic E-state index is -0.00292. The zero-order valence-electron chi connectivity index (χ0n) is 11.7. The number of rotatable bonds is 2. The van der Waals surface area contributed by atoms with Crippen LogP contribution in [0.15, 0.2) is 18.2 Å². The third-order valence-corrected chi connectivity index (χ3v) is 3.78. The molecule has 1 N–H and O–H groups in total. The topological polar surface area (TPSA) is 35.6 Å². The monoisotopic (exact) mass is 315 g/mol. The molecule has 1 aromatic rings. The zero-order valence-corrected chi connectivity index (χ0v) is 13.2. The van der Waals surface area contributed by atoms with Gasteiger partial charge in [0.2, 0.25) is 0 Å². The first-order valence-electron chi connectivity index (χ1n) is 6.73. The normalized spacial score (nSPS) is 15.7. The Balaban J connectivity index is 1.97. The molecule has 1 aromatic carbocycles. The molecule has 1 heterocycles. The average Bonchev–Trinajstić information content (AvgIpc) is 2.41. The van der Waals surface area contributed by atoms with Crippen LogP contribution in [0.1, 0.15) is 13.8 Å². The number of urea groups is 1. The van der Waals surface area contributed by atoms with Crippen LogP contribution in [-0.2, 0) is 0 Å². The van der Waals surface area contributed by atoms with Crippen molar-refractivity contribution in [3.05, 3.63) is 28.2 Å². The summed E-state index contributed by atoms with van der Waals surface area (Å²) in [5.41, 5.74) is 0.933. The van der Waals surface area contributed by atoms with Crippen molar-refractivity contribution in [3.63, 3.8) is 0 Å². The van der Waals surface area contributed by atoms with Crippen molar-refractivity contribution in [3.8, 4) is 0 Å². The maximum absolute atomic E-state index is 11.9. The molecule has 0 unspecified atom stereocenters. The molecule has 0 aliphatic carbocycles. The van der Waals surface area contributed by atoms with Crippen molar-refractivity contribution in [2.75, 3.05) is 31.1 Å². The van der Waals surface area contributed by atoms with Gasteiger partial charge in [0.05, 0.1) is 10.7 Å². The van der Waals surface area contributed by atoms with Crippen LogP contribution in [0.4, 0.5) is 10.5 Å². The smallest absolute Gasteiger partial charge is 0.317 e. The quantitative estimate of drug-likeness (QED) is 0.909. The number of nitrogens with one attached hydrogen (secondary N) is 1. The van der Waals surface area contributed by atoms with E-state index >= 15 is 0 Å². The molecule has 0 bridgehead atoms. The Morgan fingerprint density at radius 2 is 1.85 bits per heavy atom. The molecule has 6 heteroatoms. The molecule has 0 atom stereocenters. The summed E-state index contributed by atoms with van der Waals surface area (Å²) >= 11 is 12.2. The first kappa shape index (κ1) is 15.3. The predicted octanol–water partition coefficient (Wildman–Crippen LogP) is 3.23. The first-order valence-corrected chi connectivity index (χ1v) is 7.48. The van der Waals surface area contributed by atoms with Crippen LogP contribution < -0.4 is 10.2 Å². The lowest BCUT2D eigenvalue weighted by molar-refractivity contribution is 0.192. The molecule has 4 nitrogen and oxygen atoms in total. The van der Waals surface area contributed by atoms with Gasteiger partial charge < -0.3 is 15.1 Å². The van der Waals surface area contributed by atoms with E-state index in [9.17, 15) is 4.79 Å². The summed E-state index contributed by atoms with van der Waals surface area (Å²) in [6, 6.07) is 5.60. The fraction of sp³-hybridized carbons (Fsp3) is 0.500. The molecule has 20 heavy (non-hydrogen) atoms. The predicted molar refractivity (Wildman–Crippen MR) is 83.9 cm³/mol. The molecule has 1 saturated heterocycles. The van der Waals surface area contributed by atoms with Crippen molar-refractivity contribution in [2.45, 2.75) is 19.9 Å². The number of carbonyl (C=O) groups is 1. The highest BCUT2D eigenvalue weighted by molar-refractivity contribution is 6.35. The number of hydrogen-bond donors (Lipinski definition) is 1. The van der Waals surface area contributed by atoms with Crippen LogP contribution in [0.5, 0.6) is 0 Å². The van der Waals surface area contributed by atoms with E-state index in [1.165, 1.54) is 0 Å². The van der Waals surface area contributed by atoms with Gasteiger partial charge in [-0.1, -0.05) is 23.2 Å². The Morgan fingerprint density at radius 3 is 2.45 bits per heavy atom.